The van der Waals surface area contributed by atoms with Gasteiger partial charge in [0.05, 0.1) is 24.6 Å². The van der Waals surface area contributed by atoms with Crippen LogP contribution in [0.2, 0.25) is 0 Å². The van der Waals surface area contributed by atoms with Crippen molar-refractivity contribution >= 4 is 22.3 Å². The topological polar surface area (TPSA) is 110 Å². The van der Waals surface area contributed by atoms with Crippen molar-refractivity contribution in [1.29, 1.82) is 0 Å². The molecule has 40 heavy (non-hydrogen) atoms. The van der Waals surface area contributed by atoms with Gasteiger partial charge in [0.1, 0.15) is 11.2 Å². The van der Waals surface area contributed by atoms with E-state index in [4.69, 9.17) is 10.5 Å². The zero-order valence-electron chi connectivity index (χ0n) is 24.1. The number of benzene rings is 1. The maximum Gasteiger partial charge on any atom is 0.153 e. The van der Waals surface area contributed by atoms with Gasteiger partial charge >= 0.3 is 0 Å². The number of nitrogens with zero attached hydrogens (tertiary/aromatic N) is 4. The molecule has 1 saturated carbocycles. The number of aliphatic hydroxyl groups excluding tert-OH is 1. The Morgan fingerprint density at radius 1 is 1.20 bits per heavy atom. The first-order valence-corrected chi connectivity index (χ1v) is 14.0. The van der Waals surface area contributed by atoms with E-state index in [9.17, 15) is 5.11 Å². The summed E-state index contributed by atoms with van der Waals surface area (Å²) in [5.74, 6) is 0.718. The zero-order valence-corrected chi connectivity index (χ0v) is 24.1. The summed E-state index contributed by atoms with van der Waals surface area (Å²) in [6, 6.07) is 12.9. The van der Waals surface area contributed by atoms with Gasteiger partial charge in [-0.15, -0.1) is 0 Å². The number of hydrogen-bond donors (Lipinski definition) is 3. The fourth-order valence-corrected chi connectivity index (χ4v) is 4.91. The van der Waals surface area contributed by atoms with Crippen molar-refractivity contribution < 1.29 is 9.84 Å². The number of aliphatic imine (C=N–C) groups is 1. The number of fused-ring (bicyclic) bond motifs is 2. The SMILES string of the molecule is CN=C(C)/C(CCOc1c(-c2ccc3ncc(CNC4CC4)n3c2)ccc2cccnc12)=C(\N)C(O)C(C)(C)C. The second-order valence-electron chi connectivity index (χ2n) is 11.7. The molecule has 0 aliphatic heterocycles. The number of aromatic nitrogens is 3. The normalized spacial score (nSPS) is 15.9. The molecule has 1 aliphatic rings. The molecule has 3 heterocycles. The second kappa shape index (κ2) is 11.4. The molecule has 1 atom stereocenters. The molecule has 4 aromatic rings. The summed E-state index contributed by atoms with van der Waals surface area (Å²) in [5, 5.41) is 15.5. The van der Waals surface area contributed by atoms with Crippen molar-refractivity contribution in [2.75, 3.05) is 13.7 Å². The van der Waals surface area contributed by atoms with Gasteiger partial charge in [-0.3, -0.25) is 9.98 Å². The highest BCUT2D eigenvalue weighted by Gasteiger charge is 2.27. The van der Waals surface area contributed by atoms with Crippen LogP contribution in [0, 0.1) is 5.41 Å². The van der Waals surface area contributed by atoms with Gasteiger partial charge in [-0.25, -0.2) is 4.98 Å². The third-order valence-electron chi connectivity index (χ3n) is 7.60. The fourth-order valence-electron chi connectivity index (χ4n) is 4.91. The van der Waals surface area contributed by atoms with Crippen molar-refractivity contribution in [3.05, 3.63) is 72.0 Å². The highest BCUT2D eigenvalue weighted by Crippen LogP contribution is 2.36. The Bertz CT molecular complexity index is 1580. The van der Waals surface area contributed by atoms with Crippen LogP contribution in [-0.2, 0) is 6.54 Å². The molecular formula is C32H40N6O2. The molecule has 0 spiro atoms. The zero-order chi connectivity index (χ0) is 28.4. The van der Waals surface area contributed by atoms with Gasteiger partial charge in [-0.2, -0.15) is 0 Å². The van der Waals surface area contributed by atoms with Crippen LogP contribution >= 0.6 is 0 Å². The monoisotopic (exact) mass is 540 g/mol. The molecule has 1 unspecified atom stereocenters. The molecule has 4 N–H and O–H groups in total. The van der Waals surface area contributed by atoms with Crippen molar-refractivity contribution in [2.45, 2.75) is 65.6 Å². The number of ether oxygens (including phenoxy) is 1. The highest BCUT2D eigenvalue weighted by molar-refractivity contribution is 5.99. The van der Waals surface area contributed by atoms with E-state index in [1.807, 2.05) is 52.1 Å². The predicted octanol–water partition coefficient (Wildman–Crippen LogP) is 5.28. The van der Waals surface area contributed by atoms with Crippen molar-refractivity contribution in [2.24, 2.45) is 16.1 Å². The summed E-state index contributed by atoms with van der Waals surface area (Å²) in [4.78, 5) is 13.6. The first kappa shape index (κ1) is 27.8. The molecule has 210 valence electrons. The van der Waals surface area contributed by atoms with E-state index in [0.717, 1.165) is 56.9 Å². The van der Waals surface area contributed by atoms with E-state index < -0.39 is 11.5 Å². The minimum absolute atomic E-state index is 0.353. The third-order valence-corrected chi connectivity index (χ3v) is 7.60. The molecule has 0 bridgehead atoms. The molecule has 1 aromatic carbocycles. The Balaban J connectivity index is 1.48. The van der Waals surface area contributed by atoms with Gasteiger partial charge in [0.15, 0.2) is 5.75 Å². The number of rotatable bonds is 10. The Morgan fingerprint density at radius 3 is 2.73 bits per heavy atom. The molecular weight excluding hydrogens is 500 g/mol. The van der Waals surface area contributed by atoms with Crippen LogP contribution in [0.5, 0.6) is 5.75 Å². The molecule has 0 radical (unpaired) electrons. The molecule has 8 heteroatoms. The summed E-state index contributed by atoms with van der Waals surface area (Å²) in [7, 11) is 1.74. The summed E-state index contributed by atoms with van der Waals surface area (Å²) >= 11 is 0. The van der Waals surface area contributed by atoms with E-state index in [-0.39, 0.29) is 0 Å². The van der Waals surface area contributed by atoms with E-state index >= 15 is 0 Å². The van der Waals surface area contributed by atoms with E-state index in [1.165, 1.54) is 12.8 Å². The molecule has 0 amide bonds. The van der Waals surface area contributed by atoms with Crippen LogP contribution < -0.4 is 15.8 Å². The number of nitrogens with one attached hydrogen (secondary N) is 1. The van der Waals surface area contributed by atoms with Crippen LogP contribution in [0.4, 0.5) is 0 Å². The molecule has 5 rings (SSSR count). The number of pyridine rings is 2. The quantitative estimate of drug-likeness (QED) is 0.236. The average molecular weight is 541 g/mol. The van der Waals surface area contributed by atoms with E-state index in [2.05, 4.69) is 49.1 Å². The number of imidazole rings is 1. The largest absolute Gasteiger partial charge is 0.490 e. The smallest absolute Gasteiger partial charge is 0.153 e. The molecule has 8 nitrogen and oxygen atoms in total. The predicted molar refractivity (Wildman–Crippen MR) is 162 cm³/mol. The molecule has 1 aliphatic carbocycles. The highest BCUT2D eigenvalue weighted by atomic mass is 16.5. The summed E-state index contributed by atoms with van der Waals surface area (Å²) < 4.78 is 8.68. The molecule has 0 saturated heterocycles. The lowest BCUT2D eigenvalue weighted by atomic mass is 9.85. The summed E-state index contributed by atoms with van der Waals surface area (Å²) in [5.41, 5.74) is 12.9. The van der Waals surface area contributed by atoms with Gasteiger partial charge < -0.3 is 25.3 Å². The van der Waals surface area contributed by atoms with Crippen LogP contribution in [0.15, 0.2) is 71.3 Å². The maximum absolute atomic E-state index is 10.9. The van der Waals surface area contributed by atoms with Crippen LogP contribution in [0.1, 0.15) is 52.7 Å². The van der Waals surface area contributed by atoms with Gasteiger partial charge in [-0.05, 0) is 55.0 Å². The van der Waals surface area contributed by atoms with E-state index in [0.29, 0.717) is 24.8 Å². The lowest BCUT2D eigenvalue weighted by molar-refractivity contribution is 0.0926. The lowest BCUT2D eigenvalue weighted by Gasteiger charge is -2.28. The first-order valence-electron chi connectivity index (χ1n) is 14.0. The Morgan fingerprint density at radius 2 is 2.00 bits per heavy atom. The summed E-state index contributed by atoms with van der Waals surface area (Å²) in [6.07, 6.45) is 8.05. The van der Waals surface area contributed by atoms with E-state index in [1.54, 1.807) is 13.2 Å². The number of nitrogens with two attached hydrogens (primary N) is 1. The van der Waals surface area contributed by atoms with Crippen molar-refractivity contribution in [1.82, 2.24) is 19.7 Å². The maximum atomic E-state index is 10.9. The average Bonchev–Trinajstić information content (AvgIpc) is 3.70. The standard InChI is InChI=1S/C32H40N6O2/c1-20(34-5)25(28(33)31(39)32(2,3)4)14-16-40-30-26(12-8-21-7-6-15-35-29(21)30)22-9-13-27-37-18-24(38(27)19-22)17-36-23-10-11-23/h6-9,12-13,15,18-19,23,31,36,39H,10-11,14,16-17,33H2,1-5H3/b28-25-,34-20?. The van der Waals surface area contributed by atoms with Crippen molar-refractivity contribution in [3.63, 3.8) is 0 Å². The Hall–Kier alpha value is -3.75. The van der Waals surface area contributed by atoms with Crippen molar-refractivity contribution in [3.8, 4) is 16.9 Å². The van der Waals surface area contributed by atoms with Crippen LogP contribution in [0.25, 0.3) is 27.7 Å². The fraction of sp³-hybridized carbons (Fsp3) is 0.406. The molecule has 3 aromatic heterocycles. The van der Waals surface area contributed by atoms with Crippen LogP contribution in [0.3, 0.4) is 0 Å². The van der Waals surface area contributed by atoms with Crippen LogP contribution in [-0.4, -0.2) is 51.0 Å². The van der Waals surface area contributed by atoms with Gasteiger partial charge in [0.25, 0.3) is 0 Å². The Kier molecular flexibility index (Phi) is 7.92. The van der Waals surface area contributed by atoms with Gasteiger partial charge in [-0.1, -0.05) is 32.9 Å². The number of hydrogen-bond acceptors (Lipinski definition) is 7. The number of aliphatic hydroxyl groups is 1. The summed E-state index contributed by atoms with van der Waals surface area (Å²) in [6.45, 7) is 8.96. The Labute approximate surface area is 236 Å². The van der Waals surface area contributed by atoms with Gasteiger partial charge in [0.2, 0.25) is 0 Å². The van der Waals surface area contributed by atoms with Gasteiger partial charge in [0, 0.05) is 66.4 Å². The molecule has 1 fully saturated rings. The first-order chi connectivity index (χ1) is 19.2. The third kappa shape index (κ3) is 5.88. The minimum Gasteiger partial charge on any atom is -0.490 e. The lowest BCUT2D eigenvalue weighted by Crippen LogP contribution is -2.34. The minimum atomic E-state index is -0.792. The second-order valence-corrected chi connectivity index (χ2v) is 11.7.